The second-order valence-corrected chi connectivity index (χ2v) is 10.4. The first-order valence-electron chi connectivity index (χ1n) is 11.1. The van der Waals surface area contributed by atoms with Crippen molar-refractivity contribution in [3.8, 4) is 11.8 Å². The van der Waals surface area contributed by atoms with E-state index < -0.39 is 16.8 Å². The summed E-state index contributed by atoms with van der Waals surface area (Å²) in [5.41, 5.74) is -1.23. The molecule has 0 bridgehead atoms. The normalized spacial score (nSPS) is 17.5. The Hall–Kier alpha value is -2.24. The van der Waals surface area contributed by atoms with Crippen LogP contribution in [0.2, 0.25) is 0 Å². The summed E-state index contributed by atoms with van der Waals surface area (Å²) in [6.45, 7) is 14.2. The van der Waals surface area contributed by atoms with E-state index in [1.165, 1.54) is 0 Å². The molecule has 1 atom stereocenters. The quantitative estimate of drug-likeness (QED) is 0.650. The van der Waals surface area contributed by atoms with Crippen LogP contribution < -0.4 is 10.2 Å². The molecule has 7 nitrogen and oxygen atoms in total. The van der Waals surface area contributed by atoms with Crippen molar-refractivity contribution in [3.63, 3.8) is 0 Å². The largest absolute Gasteiger partial charge is 0.492 e. The summed E-state index contributed by atoms with van der Waals surface area (Å²) < 4.78 is 17.2. The van der Waals surface area contributed by atoms with Crippen LogP contribution in [0.3, 0.4) is 0 Å². The Balaban J connectivity index is 1.96. The van der Waals surface area contributed by atoms with E-state index in [-0.39, 0.29) is 12.0 Å². The van der Waals surface area contributed by atoms with E-state index in [9.17, 15) is 15.2 Å². The molecule has 1 heterocycles. The Morgan fingerprint density at radius 1 is 1.25 bits per heavy atom. The van der Waals surface area contributed by atoms with Gasteiger partial charge in [-0.1, -0.05) is 11.5 Å². The Morgan fingerprint density at radius 3 is 2.53 bits per heavy atom. The van der Waals surface area contributed by atoms with Crippen LogP contribution in [0.15, 0.2) is 18.2 Å². The first-order chi connectivity index (χ1) is 14.7. The van der Waals surface area contributed by atoms with Crippen LogP contribution in [-0.2, 0) is 9.39 Å². The van der Waals surface area contributed by atoms with Crippen molar-refractivity contribution in [2.75, 3.05) is 19.7 Å². The lowest BCUT2D eigenvalue weighted by molar-refractivity contribution is -0.0893. The number of likely N-dealkylation sites (tertiary alicyclic amines) is 1. The third-order valence-electron chi connectivity index (χ3n) is 5.73. The van der Waals surface area contributed by atoms with E-state index in [1.54, 1.807) is 52.2 Å². The van der Waals surface area contributed by atoms with E-state index in [2.05, 4.69) is 6.07 Å². The fourth-order valence-corrected chi connectivity index (χ4v) is 3.09. The van der Waals surface area contributed by atoms with Gasteiger partial charge in [0.1, 0.15) is 17.4 Å². The lowest BCUT2D eigenvalue weighted by atomic mass is 9.82. The van der Waals surface area contributed by atoms with Crippen LogP contribution in [0.25, 0.3) is 0 Å². The van der Waals surface area contributed by atoms with Crippen molar-refractivity contribution < 1.29 is 24.0 Å². The van der Waals surface area contributed by atoms with Crippen LogP contribution in [0, 0.1) is 17.2 Å². The molecule has 8 heteroatoms. The monoisotopic (exact) mass is 443 g/mol. The molecule has 0 spiro atoms. The highest BCUT2D eigenvalue weighted by Gasteiger charge is 2.35. The van der Waals surface area contributed by atoms with Gasteiger partial charge < -0.3 is 24.1 Å². The Labute approximate surface area is 192 Å². The lowest BCUT2D eigenvalue weighted by Crippen LogP contribution is -2.49. The predicted molar refractivity (Wildman–Crippen MR) is 124 cm³/mol. The van der Waals surface area contributed by atoms with E-state index >= 15 is 0 Å². The molecule has 1 amide bonds. The van der Waals surface area contributed by atoms with Crippen molar-refractivity contribution in [1.29, 1.82) is 5.26 Å². The highest BCUT2D eigenvalue weighted by molar-refractivity contribution is 6.47. The third kappa shape index (κ3) is 7.42. The molecule has 0 aliphatic carbocycles. The minimum absolute atomic E-state index is 0.171. The number of benzene rings is 1. The number of piperidine rings is 1. The topological polar surface area (TPSA) is 92.0 Å². The first kappa shape index (κ1) is 26.0. The third-order valence-corrected chi connectivity index (χ3v) is 5.73. The van der Waals surface area contributed by atoms with Gasteiger partial charge in [-0.15, -0.1) is 0 Å². The number of rotatable bonds is 7. The molecule has 32 heavy (non-hydrogen) atoms. The molecule has 1 unspecified atom stereocenters. The summed E-state index contributed by atoms with van der Waals surface area (Å²) in [5.74, 6) is 0.672. The number of amides is 1. The summed E-state index contributed by atoms with van der Waals surface area (Å²) in [4.78, 5) is 14.1. The molecule has 1 aliphatic rings. The van der Waals surface area contributed by atoms with E-state index in [1.807, 2.05) is 26.8 Å². The molecule has 0 saturated carbocycles. The van der Waals surface area contributed by atoms with Crippen molar-refractivity contribution >= 4 is 19.0 Å². The maximum atomic E-state index is 12.4. The molecule has 2 rings (SSSR count). The van der Waals surface area contributed by atoms with E-state index in [0.717, 1.165) is 12.8 Å². The van der Waals surface area contributed by atoms with Gasteiger partial charge in [-0.3, -0.25) is 0 Å². The average molecular weight is 443 g/mol. The predicted octanol–water partition coefficient (Wildman–Crippen LogP) is 3.39. The van der Waals surface area contributed by atoms with Gasteiger partial charge in [0.25, 0.3) is 0 Å². The SMILES string of the molecule is CC(C)(C)OC(=O)N1CCCC(COc2ccc([B]OC(C)(C)C(C)(C)O)cc2C#N)C1. The molecule has 1 aliphatic heterocycles. The summed E-state index contributed by atoms with van der Waals surface area (Å²) in [7, 11) is 1.54. The smallest absolute Gasteiger partial charge is 0.410 e. The van der Waals surface area contributed by atoms with Gasteiger partial charge >= 0.3 is 13.6 Å². The van der Waals surface area contributed by atoms with Gasteiger partial charge in [0.15, 0.2) is 0 Å². The standard InChI is InChI=1S/C24H36BN2O5/c1-22(2,3)31-21(28)27-12-8-9-17(15-27)16-30-20-11-10-19(13-18(20)14-26)25-32-24(6,7)23(4,5)29/h10-11,13,17,29H,8-9,12,15-16H2,1-7H3. The van der Waals surface area contributed by atoms with Crippen LogP contribution >= 0.6 is 0 Å². The zero-order chi connectivity index (χ0) is 24.2. The molecule has 1 aromatic rings. The molecular formula is C24H36BN2O5. The van der Waals surface area contributed by atoms with Gasteiger partial charge in [0, 0.05) is 19.0 Å². The molecule has 0 aromatic heterocycles. The molecule has 1 aromatic carbocycles. The number of carbonyl (C=O) groups is 1. The Morgan fingerprint density at radius 2 is 1.94 bits per heavy atom. The van der Waals surface area contributed by atoms with Gasteiger partial charge in [0.05, 0.1) is 23.4 Å². The van der Waals surface area contributed by atoms with Crippen molar-refractivity contribution in [2.45, 2.75) is 78.1 Å². The maximum Gasteiger partial charge on any atom is 0.410 e. The second kappa shape index (κ2) is 10.1. The number of ether oxygens (including phenoxy) is 2. The molecule has 1 radical (unpaired) electrons. The van der Waals surface area contributed by atoms with Gasteiger partial charge in [-0.05, 0) is 73.4 Å². The van der Waals surface area contributed by atoms with E-state index in [4.69, 9.17) is 14.1 Å². The minimum atomic E-state index is -1.03. The number of hydrogen-bond acceptors (Lipinski definition) is 6. The maximum absolute atomic E-state index is 12.4. The fourth-order valence-electron chi connectivity index (χ4n) is 3.09. The highest BCUT2D eigenvalue weighted by atomic mass is 16.6. The average Bonchev–Trinajstić information content (AvgIpc) is 2.69. The zero-order valence-electron chi connectivity index (χ0n) is 20.4. The zero-order valence-corrected chi connectivity index (χ0v) is 20.4. The summed E-state index contributed by atoms with van der Waals surface area (Å²) in [5, 5.41) is 19.8. The summed E-state index contributed by atoms with van der Waals surface area (Å²) in [6.07, 6.45) is 1.54. The van der Waals surface area contributed by atoms with Gasteiger partial charge in [0.2, 0.25) is 0 Å². The Bertz CT molecular complexity index is 836. The fraction of sp³-hybridized carbons (Fsp3) is 0.667. The minimum Gasteiger partial charge on any atom is -0.492 e. The lowest BCUT2D eigenvalue weighted by Gasteiger charge is -2.37. The van der Waals surface area contributed by atoms with Crippen molar-refractivity contribution in [2.24, 2.45) is 5.92 Å². The summed E-state index contributed by atoms with van der Waals surface area (Å²) in [6, 6.07) is 7.43. The second-order valence-electron chi connectivity index (χ2n) is 10.4. The molecule has 1 saturated heterocycles. The van der Waals surface area contributed by atoms with Crippen LogP contribution in [0.5, 0.6) is 5.75 Å². The molecular weight excluding hydrogens is 407 g/mol. The van der Waals surface area contributed by atoms with Gasteiger partial charge in [-0.25, -0.2) is 4.79 Å². The summed E-state index contributed by atoms with van der Waals surface area (Å²) >= 11 is 0. The highest BCUT2D eigenvalue weighted by Crippen LogP contribution is 2.25. The van der Waals surface area contributed by atoms with Gasteiger partial charge in [-0.2, -0.15) is 5.26 Å². The van der Waals surface area contributed by atoms with Crippen LogP contribution in [-0.4, -0.2) is 60.1 Å². The first-order valence-corrected chi connectivity index (χ1v) is 11.1. The van der Waals surface area contributed by atoms with Crippen LogP contribution in [0.1, 0.15) is 66.9 Å². The Kier molecular flexibility index (Phi) is 8.24. The van der Waals surface area contributed by atoms with E-state index in [0.29, 0.717) is 36.5 Å². The van der Waals surface area contributed by atoms with Crippen LogP contribution in [0.4, 0.5) is 4.79 Å². The molecule has 175 valence electrons. The molecule has 1 fully saturated rings. The molecule has 1 N–H and O–H groups in total. The number of nitrogens with zero attached hydrogens (tertiary/aromatic N) is 2. The number of carbonyl (C=O) groups excluding carboxylic acids is 1. The number of nitriles is 1. The number of hydrogen-bond donors (Lipinski definition) is 1. The van der Waals surface area contributed by atoms with Crippen molar-refractivity contribution in [3.05, 3.63) is 23.8 Å². The number of aliphatic hydroxyl groups is 1. The van der Waals surface area contributed by atoms with Crippen molar-refractivity contribution in [1.82, 2.24) is 4.90 Å².